The van der Waals surface area contributed by atoms with Crippen LogP contribution < -0.4 is 5.32 Å². The maximum absolute atomic E-state index is 12.1. The average Bonchev–Trinajstić information content (AvgIpc) is 2.94. The summed E-state index contributed by atoms with van der Waals surface area (Å²) in [5, 5.41) is 7.26. The first kappa shape index (κ1) is 18.4. The van der Waals surface area contributed by atoms with Crippen molar-refractivity contribution in [1.29, 1.82) is 0 Å². The maximum atomic E-state index is 12.1. The summed E-state index contributed by atoms with van der Waals surface area (Å²) in [7, 11) is 0. The second-order valence-corrected chi connectivity index (χ2v) is 7.80. The van der Waals surface area contributed by atoms with E-state index >= 15 is 0 Å². The molecule has 0 radical (unpaired) electrons. The molecule has 6 heteroatoms. The molecule has 0 unspecified atom stereocenters. The summed E-state index contributed by atoms with van der Waals surface area (Å²) in [4.78, 5) is 14.6. The molecule has 1 aromatic carbocycles. The van der Waals surface area contributed by atoms with Crippen molar-refractivity contribution >= 4 is 34.2 Å². The average molecular weight is 452 g/mol. The first-order valence-electron chi connectivity index (χ1n) is 8.91. The number of rotatable bonds is 6. The molecule has 3 rings (SSSR count). The van der Waals surface area contributed by atoms with Crippen molar-refractivity contribution in [2.45, 2.75) is 45.7 Å². The molecular formula is C19H25IN4O. The van der Waals surface area contributed by atoms with Gasteiger partial charge in [-0.3, -0.25) is 14.4 Å². The minimum absolute atomic E-state index is 0.0219. The molecule has 0 atom stereocenters. The molecule has 5 nitrogen and oxygen atoms in total. The van der Waals surface area contributed by atoms with E-state index in [1.54, 1.807) is 0 Å². The molecule has 1 aromatic heterocycles. The number of likely N-dealkylation sites (tertiary alicyclic amines) is 1. The predicted octanol–water partition coefficient (Wildman–Crippen LogP) is 3.81. The highest BCUT2D eigenvalue weighted by Gasteiger charge is 2.11. The molecule has 1 aliphatic rings. The Morgan fingerprint density at radius 2 is 1.92 bits per heavy atom. The van der Waals surface area contributed by atoms with Gasteiger partial charge in [-0.2, -0.15) is 5.10 Å². The van der Waals surface area contributed by atoms with Gasteiger partial charge in [0.2, 0.25) is 5.91 Å². The van der Waals surface area contributed by atoms with E-state index in [1.807, 2.05) is 29.9 Å². The summed E-state index contributed by atoms with van der Waals surface area (Å²) in [6.45, 7) is 6.03. The Morgan fingerprint density at radius 3 is 2.56 bits per heavy atom. The monoisotopic (exact) mass is 452 g/mol. The lowest BCUT2D eigenvalue weighted by molar-refractivity contribution is -0.116. The predicted molar refractivity (Wildman–Crippen MR) is 108 cm³/mol. The molecule has 1 saturated heterocycles. The van der Waals surface area contributed by atoms with Crippen LogP contribution in [0.1, 0.15) is 36.9 Å². The van der Waals surface area contributed by atoms with Crippen molar-refractivity contribution < 1.29 is 4.79 Å². The summed E-state index contributed by atoms with van der Waals surface area (Å²) in [5.41, 5.74) is 3.27. The molecule has 1 aliphatic heterocycles. The normalized spacial score (nSPS) is 15.3. The van der Waals surface area contributed by atoms with E-state index in [0.717, 1.165) is 21.5 Å². The van der Waals surface area contributed by atoms with Gasteiger partial charge >= 0.3 is 0 Å². The molecule has 0 saturated carbocycles. The number of anilines is 1. The van der Waals surface area contributed by atoms with Gasteiger partial charge in [-0.05, 0) is 73.1 Å². The SMILES string of the molecule is Cc1c(I)cnn1CCC(=O)Nc1ccc(CN2CCCCC2)cc1. The number of nitrogens with zero attached hydrogens (tertiary/aromatic N) is 3. The molecule has 0 spiro atoms. The molecule has 0 bridgehead atoms. The zero-order valence-corrected chi connectivity index (χ0v) is 16.8. The van der Waals surface area contributed by atoms with E-state index in [4.69, 9.17) is 0 Å². The number of carbonyl (C=O) groups excluding carboxylic acids is 1. The number of hydrogen-bond donors (Lipinski definition) is 1. The van der Waals surface area contributed by atoms with Crippen molar-refractivity contribution in [3.05, 3.63) is 45.3 Å². The number of aryl methyl sites for hydroxylation is 1. The van der Waals surface area contributed by atoms with Crippen LogP contribution in [0, 0.1) is 10.5 Å². The van der Waals surface area contributed by atoms with Gasteiger partial charge in [0.05, 0.1) is 16.3 Å². The third-order valence-electron chi connectivity index (χ3n) is 4.69. The lowest BCUT2D eigenvalue weighted by Crippen LogP contribution is -2.29. The summed E-state index contributed by atoms with van der Waals surface area (Å²) < 4.78 is 3.01. The van der Waals surface area contributed by atoms with Crippen molar-refractivity contribution in [3.8, 4) is 0 Å². The van der Waals surface area contributed by atoms with Gasteiger partial charge in [0.25, 0.3) is 0 Å². The van der Waals surface area contributed by atoms with E-state index < -0.39 is 0 Å². The van der Waals surface area contributed by atoms with Crippen molar-refractivity contribution in [1.82, 2.24) is 14.7 Å². The van der Waals surface area contributed by atoms with E-state index in [0.29, 0.717) is 13.0 Å². The van der Waals surface area contributed by atoms with Crippen LogP contribution in [-0.4, -0.2) is 33.7 Å². The maximum Gasteiger partial charge on any atom is 0.226 e. The van der Waals surface area contributed by atoms with Gasteiger partial charge in [-0.15, -0.1) is 0 Å². The molecule has 0 aliphatic carbocycles. The van der Waals surface area contributed by atoms with Gasteiger partial charge in [0.15, 0.2) is 0 Å². The number of halogens is 1. The Hall–Kier alpha value is -1.41. The number of amides is 1. The Bertz CT molecular complexity index is 705. The minimum Gasteiger partial charge on any atom is -0.326 e. The van der Waals surface area contributed by atoms with Crippen LogP contribution in [-0.2, 0) is 17.9 Å². The standard InChI is InChI=1S/C19H25IN4O/c1-15-18(20)13-21-24(15)12-9-19(25)22-17-7-5-16(6-8-17)14-23-10-3-2-4-11-23/h5-8,13H,2-4,9-12,14H2,1H3,(H,22,25). The summed E-state index contributed by atoms with van der Waals surface area (Å²) in [5.74, 6) is 0.0219. The second-order valence-electron chi connectivity index (χ2n) is 6.63. The molecule has 2 aromatic rings. The third kappa shape index (κ3) is 5.28. The van der Waals surface area contributed by atoms with Crippen LogP contribution in [0.3, 0.4) is 0 Å². The van der Waals surface area contributed by atoms with Crippen LogP contribution in [0.25, 0.3) is 0 Å². The van der Waals surface area contributed by atoms with Crippen LogP contribution in [0.5, 0.6) is 0 Å². The smallest absolute Gasteiger partial charge is 0.226 e. The summed E-state index contributed by atoms with van der Waals surface area (Å²) >= 11 is 2.26. The summed E-state index contributed by atoms with van der Waals surface area (Å²) in [6.07, 6.45) is 6.23. The van der Waals surface area contributed by atoms with E-state index in [-0.39, 0.29) is 5.91 Å². The Balaban J connectivity index is 1.47. The number of benzene rings is 1. The van der Waals surface area contributed by atoms with Crippen molar-refractivity contribution in [2.24, 2.45) is 0 Å². The topological polar surface area (TPSA) is 50.2 Å². The number of aromatic nitrogens is 2. The highest BCUT2D eigenvalue weighted by Crippen LogP contribution is 2.16. The Kier molecular flexibility index (Phi) is 6.47. The molecule has 1 fully saturated rings. The quantitative estimate of drug-likeness (QED) is 0.679. The molecule has 134 valence electrons. The van der Waals surface area contributed by atoms with Crippen molar-refractivity contribution in [3.63, 3.8) is 0 Å². The minimum atomic E-state index is 0.0219. The molecular weight excluding hydrogens is 427 g/mol. The Morgan fingerprint density at radius 1 is 1.20 bits per heavy atom. The van der Waals surface area contributed by atoms with Gasteiger partial charge in [-0.1, -0.05) is 18.6 Å². The summed E-state index contributed by atoms with van der Waals surface area (Å²) in [6, 6.07) is 8.23. The first-order chi connectivity index (χ1) is 12.1. The molecule has 25 heavy (non-hydrogen) atoms. The van der Waals surface area contributed by atoms with Gasteiger partial charge in [-0.25, -0.2) is 0 Å². The van der Waals surface area contributed by atoms with Gasteiger partial charge in [0, 0.05) is 24.3 Å². The zero-order valence-electron chi connectivity index (χ0n) is 14.7. The molecule has 1 N–H and O–H groups in total. The van der Waals surface area contributed by atoms with E-state index in [1.165, 1.54) is 37.9 Å². The lowest BCUT2D eigenvalue weighted by atomic mass is 10.1. The zero-order chi connectivity index (χ0) is 17.6. The van der Waals surface area contributed by atoms with Gasteiger partial charge in [0.1, 0.15) is 0 Å². The number of hydrogen-bond acceptors (Lipinski definition) is 3. The van der Waals surface area contributed by atoms with E-state index in [2.05, 4.69) is 50.0 Å². The fraction of sp³-hybridized carbons (Fsp3) is 0.474. The highest BCUT2D eigenvalue weighted by atomic mass is 127. The molecule has 2 heterocycles. The van der Waals surface area contributed by atoms with Crippen molar-refractivity contribution in [2.75, 3.05) is 18.4 Å². The van der Waals surface area contributed by atoms with Crippen LogP contribution in [0.4, 0.5) is 5.69 Å². The second kappa shape index (κ2) is 8.80. The van der Waals surface area contributed by atoms with Crippen LogP contribution in [0.15, 0.2) is 30.5 Å². The highest BCUT2D eigenvalue weighted by molar-refractivity contribution is 14.1. The van der Waals surface area contributed by atoms with Crippen LogP contribution >= 0.6 is 22.6 Å². The lowest BCUT2D eigenvalue weighted by Gasteiger charge is -2.26. The molecule has 1 amide bonds. The van der Waals surface area contributed by atoms with E-state index in [9.17, 15) is 4.79 Å². The number of piperidine rings is 1. The Labute approximate surface area is 162 Å². The fourth-order valence-corrected chi connectivity index (χ4v) is 3.55. The number of carbonyl (C=O) groups is 1. The van der Waals surface area contributed by atoms with Gasteiger partial charge < -0.3 is 5.32 Å². The third-order valence-corrected chi connectivity index (χ3v) is 5.75. The number of nitrogens with one attached hydrogen (secondary N) is 1. The fourth-order valence-electron chi connectivity index (χ4n) is 3.15. The van der Waals surface area contributed by atoms with Crippen LogP contribution in [0.2, 0.25) is 0 Å². The largest absolute Gasteiger partial charge is 0.326 e. The first-order valence-corrected chi connectivity index (χ1v) is 9.99.